The summed E-state index contributed by atoms with van der Waals surface area (Å²) in [6.07, 6.45) is 2.49. The topological polar surface area (TPSA) is 86.9 Å². The highest BCUT2D eigenvalue weighted by Gasteiger charge is 2.26. The molecule has 0 radical (unpaired) electrons. The summed E-state index contributed by atoms with van der Waals surface area (Å²) in [6, 6.07) is 22.3. The molecule has 2 amide bonds. The van der Waals surface area contributed by atoms with E-state index in [0.29, 0.717) is 11.3 Å². The van der Waals surface area contributed by atoms with E-state index in [1.54, 1.807) is 12.3 Å². The van der Waals surface area contributed by atoms with Crippen molar-refractivity contribution in [2.24, 2.45) is 5.92 Å². The average molecular weight is 451 g/mol. The summed E-state index contributed by atoms with van der Waals surface area (Å²) < 4.78 is 0. The van der Waals surface area contributed by atoms with Crippen LogP contribution in [0.4, 0.5) is 5.69 Å². The average Bonchev–Trinajstić information content (AvgIpc) is 3.24. The number of rotatable bonds is 6. The van der Waals surface area contributed by atoms with E-state index in [0.717, 1.165) is 39.1 Å². The lowest BCUT2D eigenvalue weighted by molar-refractivity contribution is -0.119. The molecule has 170 valence electrons. The summed E-state index contributed by atoms with van der Waals surface area (Å²) in [4.78, 5) is 34.1. The Labute approximate surface area is 197 Å². The van der Waals surface area contributed by atoms with Gasteiger partial charge in [-0.05, 0) is 54.4 Å². The number of pyridine rings is 1. The van der Waals surface area contributed by atoms with Crippen molar-refractivity contribution >= 4 is 50.2 Å². The van der Waals surface area contributed by atoms with Gasteiger partial charge in [-0.1, -0.05) is 44.5 Å². The van der Waals surface area contributed by atoms with Crippen LogP contribution in [0.3, 0.4) is 0 Å². The van der Waals surface area contributed by atoms with E-state index in [2.05, 4.69) is 20.6 Å². The quantitative estimate of drug-likeness (QED) is 0.312. The van der Waals surface area contributed by atoms with Gasteiger partial charge in [0.25, 0.3) is 5.91 Å². The molecule has 2 atom stereocenters. The number of benzene rings is 3. The van der Waals surface area contributed by atoms with E-state index in [9.17, 15) is 9.59 Å². The van der Waals surface area contributed by atoms with E-state index in [4.69, 9.17) is 0 Å². The molecule has 0 saturated carbocycles. The van der Waals surface area contributed by atoms with Gasteiger partial charge in [-0.15, -0.1) is 0 Å². The zero-order valence-corrected chi connectivity index (χ0v) is 19.1. The summed E-state index contributed by atoms with van der Waals surface area (Å²) >= 11 is 0. The van der Waals surface area contributed by atoms with Gasteiger partial charge in [0, 0.05) is 44.6 Å². The molecule has 3 N–H and O–H groups in total. The molecule has 0 spiro atoms. The van der Waals surface area contributed by atoms with Crippen molar-refractivity contribution in [3.05, 3.63) is 84.6 Å². The van der Waals surface area contributed by atoms with Gasteiger partial charge in [0.2, 0.25) is 5.91 Å². The Balaban J connectivity index is 1.39. The first-order valence-corrected chi connectivity index (χ1v) is 11.5. The first-order chi connectivity index (χ1) is 16.5. The Kier molecular flexibility index (Phi) is 5.72. The predicted octanol–water partition coefficient (Wildman–Crippen LogP) is 5.65. The Morgan fingerprint density at radius 1 is 0.941 bits per heavy atom. The molecule has 0 aliphatic carbocycles. The third-order valence-corrected chi connectivity index (χ3v) is 6.42. The number of carbonyl (C=O) groups excluding carboxylic acids is 2. The summed E-state index contributed by atoms with van der Waals surface area (Å²) in [5.74, 6) is -0.544. The van der Waals surface area contributed by atoms with E-state index < -0.39 is 6.04 Å². The SMILES string of the molecule is CCC(C)[C@H](NC(=O)c1ccc2[nH]c3ccccc3c2c1)C(=O)Nc1ccc2ncccc2c1. The Hall–Kier alpha value is -4.19. The second kappa shape index (κ2) is 8.98. The highest BCUT2D eigenvalue weighted by atomic mass is 16.2. The molecule has 5 aromatic rings. The second-order valence-electron chi connectivity index (χ2n) is 8.67. The normalized spacial score (nSPS) is 13.1. The zero-order chi connectivity index (χ0) is 23.7. The number of nitrogens with one attached hydrogen (secondary N) is 3. The molecular weight excluding hydrogens is 424 g/mol. The Morgan fingerprint density at radius 2 is 1.76 bits per heavy atom. The summed E-state index contributed by atoms with van der Waals surface area (Å²) in [5.41, 5.74) is 4.06. The van der Waals surface area contributed by atoms with Crippen LogP contribution in [0.1, 0.15) is 30.6 Å². The molecule has 0 fully saturated rings. The molecule has 3 aromatic carbocycles. The minimum absolute atomic E-state index is 0.0390. The van der Waals surface area contributed by atoms with Crippen LogP contribution >= 0.6 is 0 Å². The fourth-order valence-electron chi connectivity index (χ4n) is 4.29. The number of aromatic amines is 1. The maximum Gasteiger partial charge on any atom is 0.251 e. The second-order valence-corrected chi connectivity index (χ2v) is 8.67. The minimum atomic E-state index is -0.666. The lowest BCUT2D eigenvalue weighted by atomic mass is 9.97. The van der Waals surface area contributed by atoms with Crippen molar-refractivity contribution in [3.8, 4) is 0 Å². The zero-order valence-electron chi connectivity index (χ0n) is 19.1. The number of anilines is 1. The van der Waals surface area contributed by atoms with Gasteiger partial charge in [0.05, 0.1) is 5.52 Å². The van der Waals surface area contributed by atoms with E-state index in [-0.39, 0.29) is 17.7 Å². The molecule has 0 aliphatic heterocycles. The maximum atomic E-state index is 13.2. The van der Waals surface area contributed by atoms with Crippen LogP contribution in [-0.4, -0.2) is 27.8 Å². The fourth-order valence-corrected chi connectivity index (χ4v) is 4.29. The van der Waals surface area contributed by atoms with Crippen LogP contribution in [0.15, 0.2) is 79.0 Å². The van der Waals surface area contributed by atoms with Gasteiger partial charge in [-0.2, -0.15) is 0 Å². The van der Waals surface area contributed by atoms with Crippen LogP contribution in [0.2, 0.25) is 0 Å². The van der Waals surface area contributed by atoms with Crippen molar-refractivity contribution in [3.63, 3.8) is 0 Å². The van der Waals surface area contributed by atoms with Crippen LogP contribution in [0.25, 0.3) is 32.7 Å². The molecule has 0 bridgehead atoms. The number of fused-ring (bicyclic) bond motifs is 4. The van der Waals surface area contributed by atoms with Gasteiger partial charge < -0.3 is 15.6 Å². The number of nitrogens with zero attached hydrogens (tertiary/aromatic N) is 1. The number of H-pyrrole nitrogens is 1. The third-order valence-electron chi connectivity index (χ3n) is 6.42. The molecule has 0 aliphatic rings. The predicted molar refractivity (Wildman–Crippen MR) is 137 cm³/mol. The van der Waals surface area contributed by atoms with Crippen molar-refractivity contribution in [1.82, 2.24) is 15.3 Å². The number of carbonyl (C=O) groups is 2. The summed E-state index contributed by atoms with van der Waals surface area (Å²) in [7, 11) is 0. The summed E-state index contributed by atoms with van der Waals surface area (Å²) in [5, 5.41) is 8.93. The van der Waals surface area contributed by atoms with Crippen LogP contribution in [-0.2, 0) is 4.79 Å². The van der Waals surface area contributed by atoms with E-state index >= 15 is 0 Å². The lowest BCUT2D eigenvalue weighted by Gasteiger charge is -2.23. The number of hydrogen-bond donors (Lipinski definition) is 3. The fraction of sp³-hybridized carbons (Fsp3) is 0.179. The Morgan fingerprint density at radius 3 is 2.62 bits per heavy atom. The van der Waals surface area contributed by atoms with Crippen molar-refractivity contribution in [1.29, 1.82) is 0 Å². The van der Waals surface area contributed by atoms with Crippen molar-refractivity contribution in [2.75, 3.05) is 5.32 Å². The number of para-hydroxylation sites is 1. The first kappa shape index (κ1) is 21.6. The van der Waals surface area contributed by atoms with Crippen LogP contribution in [0.5, 0.6) is 0 Å². The van der Waals surface area contributed by atoms with Gasteiger partial charge >= 0.3 is 0 Å². The van der Waals surface area contributed by atoms with Gasteiger partial charge in [-0.25, -0.2) is 0 Å². The maximum absolute atomic E-state index is 13.2. The Bertz CT molecular complexity index is 1520. The minimum Gasteiger partial charge on any atom is -0.355 e. The van der Waals surface area contributed by atoms with Gasteiger partial charge in [0.15, 0.2) is 0 Å². The first-order valence-electron chi connectivity index (χ1n) is 11.5. The lowest BCUT2D eigenvalue weighted by Crippen LogP contribution is -2.47. The molecule has 2 aromatic heterocycles. The van der Waals surface area contributed by atoms with E-state index in [1.807, 2.05) is 80.6 Å². The molecule has 6 heteroatoms. The van der Waals surface area contributed by atoms with E-state index in [1.165, 1.54) is 0 Å². The molecule has 5 rings (SSSR count). The largest absolute Gasteiger partial charge is 0.355 e. The molecule has 2 heterocycles. The van der Waals surface area contributed by atoms with Gasteiger partial charge in [-0.3, -0.25) is 14.6 Å². The van der Waals surface area contributed by atoms with Gasteiger partial charge in [0.1, 0.15) is 6.04 Å². The number of amides is 2. The van der Waals surface area contributed by atoms with Crippen LogP contribution < -0.4 is 10.6 Å². The highest BCUT2D eigenvalue weighted by Crippen LogP contribution is 2.26. The third kappa shape index (κ3) is 4.10. The monoisotopic (exact) mass is 450 g/mol. The molecule has 1 unspecified atom stereocenters. The highest BCUT2D eigenvalue weighted by molar-refractivity contribution is 6.10. The number of hydrogen-bond acceptors (Lipinski definition) is 3. The molecule has 34 heavy (non-hydrogen) atoms. The smallest absolute Gasteiger partial charge is 0.251 e. The van der Waals surface area contributed by atoms with Crippen molar-refractivity contribution in [2.45, 2.75) is 26.3 Å². The van der Waals surface area contributed by atoms with Crippen molar-refractivity contribution < 1.29 is 9.59 Å². The summed E-state index contributed by atoms with van der Waals surface area (Å²) in [6.45, 7) is 3.98. The molecule has 6 nitrogen and oxygen atoms in total. The molecular formula is C28H26N4O2. The van der Waals surface area contributed by atoms with Crippen LogP contribution in [0, 0.1) is 5.92 Å². The number of aromatic nitrogens is 2. The molecule has 0 saturated heterocycles. The standard InChI is InChI=1S/C28H26N4O2/c1-3-17(2)26(28(34)30-20-11-13-23-18(15-20)7-6-14-29-23)32-27(33)19-10-12-25-22(16-19)21-8-4-5-9-24(21)31-25/h4-17,26,31H,3H2,1-2H3,(H,30,34)(H,32,33)/t17?,26-/m0/s1.